The Morgan fingerprint density at radius 1 is 1.00 bits per heavy atom. The lowest BCUT2D eigenvalue weighted by Gasteiger charge is -2.35. The minimum Gasteiger partial charge on any atom is -0.469 e. The molecule has 2 aromatic rings. The summed E-state index contributed by atoms with van der Waals surface area (Å²) in [6, 6.07) is 1.58. The van der Waals surface area contributed by atoms with Gasteiger partial charge in [-0.05, 0) is 13.0 Å². The predicted molar refractivity (Wildman–Crippen MR) is 118 cm³/mol. The first-order chi connectivity index (χ1) is 15.9. The van der Waals surface area contributed by atoms with Gasteiger partial charge in [-0.3, -0.25) is 24.5 Å². The molecule has 1 N–H and O–H groups in total. The maximum atomic E-state index is 12.7. The Hall–Kier alpha value is -3.25. The zero-order chi connectivity index (χ0) is 23.4. The van der Waals surface area contributed by atoms with E-state index in [0.29, 0.717) is 74.6 Å². The summed E-state index contributed by atoms with van der Waals surface area (Å²) in [5.74, 6) is -0.961. The summed E-state index contributed by atoms with van der Waals surface area (Å²) < 4.78 is 10.4. The van der Waals surface area contributed by atoms with E-state index in [-0.39, 0.29) is 18.2 Å². The topological polar surface area (TPSA) is 125 Å². The highest BCUT2D eigenvalue weighted by Gasteiger charge is 2.31. The van der Waals surface area contributed by atoms with Crippen molar-refractivity contribution in [1.82, 2.24) is 19.7 Å². The van der Waals surface area contributed by atoms with Gasteiger partial charge in [0.15, 0.2) is 5.13 Å². The minimum absolute atomic E-state index is 0.0950. The molecule has 0 aliphatic carbocycles. The third-order valence-electron chi connectivity index (χ3n) is 5.61. The smallest absolute Gasteiger partial charge is 0.312 e. The fourth-order valence-electron chi connectivity index (χ4n) is 3.69. The van der Waals surface area contributed by atoms with Gasteiger partial charge in [-0.2, -0.15) is 0 Å². The Balaban J connectivity index is 1.25. The number of nitrogens with zero attached hydrogens (tertiary/aromatic N) is 4. The number of carbonyl (C=O) groups excluding carboxylic acids is 4. The van der Waals surface area contributed by atoms with Crippen LogP contribution >= 0.6 is 11.3 Å². The largest absolute Gasteiger partial charge is 0.469 e. The number of rotatable bonds is 4. The second-order valence-corrected chi connectivity index (χ2v) is 8.60. The lowest BCUT2D eigenvalue weighted by Crippen LogP contribution is -2.55. The van der Waals surface area contributed by atoms with Gasteiger partial charge in [-0.1, -0.05) is 0 Å². The molecular formula is C21H25N5O6S. The summed E-state index contributed by atoms with van der Waals surface area (Å²) in [7, 11) is 0. The van der Waals surface area contributed by atoms with Crippen LogP contribution in [0.5, 0.6) is 0 Å². The van der Waals surface area contributed by atoms with E-state index in [2.05, 4.69) is 10.3 Å². The number of carbonyl (C=O) groups is 4. The van der Waals surface area contributed by atoms with Gasteiger partial charge >= 0.3 is 11.8 Å². The van der Waals surface area contributed by atoms with Crippen molar-refractivity contribution in [2.24, 2.45) is 0 Å². The van der Waals surface area contributed by atoms with Gasteiger partial charge in [0.1, 0.15) is 5.76 Å². The molecule has 0 spiro atoms. The maximum Gasteiger partial charge on any atom is 0.312 e. The molecule has 4 rings (SSSR count). The summed E-state index contributed by atoms with van der Waals surface area (Å²) >= 11 is 1.24. The number of aryl methyl sites for hydroxylation is 1. The minimum atomic E-state index is -0.531. The van der Waals surface area contributed by atoms with E-state index in [1.165, 1.54) is 27.4 Å². The monoisotopic (exact) mass is 475 g/mol. The van der Waals surface area contributed by atoms with Crippen molar-refractivity contribution < 1.29 is 28.3 Å². The normalized spacial score (nSPS) is 16.6. The van der Waals surface area contributed by atoms with E-state index < -0.39 is 11.8 Å². The standard InChI is InChI=1S/C21H25N5O6S/c1-14-16(2-9-32-14)18(28)23-21-22-15(13-33-21)12-17(27)24-3-5-25(6-4-24)19(29)20(30)26-7-10-31-11-8-26/h2,9,13H,3-8,10-12H2,1H3,(H,22,23,28). The molecule has 0 aromatic carbocycles. The Labute approximate surface area is 194 Å². The van der Waals surface area contributed by atoms with Gasteiger partial charge in [0.25, 0.3) is 5.91 Å². The maximum absolute atomic E-state index is 12.7. The van der Waals surface area contributed by atoms with Crippen molar-refractivity contribution in [3.8, 4) is 0 Å². The Kier molecular flexibility index (Phi) is 7.04. The zero-order valence-corrected chi connectivity index (χ0v) is 19.1. The number of piperazine rings is 1. The molecule has 176 valence electrons. The first-order valence-corrected chi connectivity index (χ1v) is 11.5. The van der Waals surface area contributed by atoms with Gasteiger partial charge in [0.05, 0.1) is 37.2 Å². The summed E-state index contributed by atoms with van der Waals surface area (Å²) in [4.78, 5) is 58.8. The molecule has 2 aliphatic rings. The molecule has 0 atom stereocenters. The summed E-state index contributed by atoms with van der Waals surface area (Å²) in [6.07, 6.45) is 1.54. The molecule has 0 bridgehead atoms. The highest BCUT2D eigenvalue weighted by Crippen LogP contribution is 2.19. The number of thiazole rings is 1. The molecule has 0 unspecified atom stereocenters. The van der Waals surface area contributed by atoms with Crippen LogP contribution < -0.4 is 5.32 Å². The van der Waals surface area contributed by atoms with Crippen LogP contribution in [0, 0.1) is 6.92 Å². The van der Waals surface area contributed by atoms with Crippen LogP contribution in [0.2, 0.25) is 0 Å². The van der Waals surface area contributed by atoms with Crippen LogP contribution in [0.3, 0.4) is 0 Å². The second-order valence-electron chi connectivity index (χ2n) is 7.74. The van der Waals surface area contributed by atoms with Crippen molar-refractivity contribution in [2.75, 3.05) is 57.8 Å². The van der Waals surface area contributed by atoms with E-state index in [1.807, 2.05) is 0 Å². The number of hydrogen-bond donors (Lipinski definition) is 1. The molecule has 2 saturated heterocycles. The van der Waals surface area contributed by atoms with Crippen LogP contribution in [0.25, 0.3) is 0 Å². The fraction of sp³-hybridized carbons (Fsp3) is 0.476. The summed E-state index contributed by atoms with van der Waals surface area (Å²) in [5, 5.41) is 4.85. The lowest BCUT2D eigenvalue weighted by atomic mass is 10.2. The van der Waals surface area contributed by atoms with Gasteiger partial charge in [0, 0.05) is 44.6 Å². The quantitative estimate of drug-likeness (QED) is 0.633. The van der Waals surface area contributed by atoms with Gasteiger partial charge in [-0.25, -0.2) is 4.98 Å². The third-order valence-corrected chi connectivity index (χ3v) is 6.42. The average molecular weight is 476 g/mol. The Morgan fingerprint density at radius 3 is 2.27 bits per heavy atom. The molecule has 11 nitrogen and oxygen atoms in total. The number of aromatic nitrogens is 1. The zero-order valence-electron chi connectivity index (χ0n) is 18.2. The number of hydrogen-bond acceptors (Lipinski definition) is 8. The number of furan rings is 1. The average Bonchev–Trinajstić information content (AvgIpc) is 3.47. The SMILES string of the molecule is Cc1occc1C(=O)Nc1nc(CC(=O)N2CCN(C(=O)C(=O)N3CCOCC3)CC2)cs1. The molecular weight excluding hydrogens is 450 g/mol. The molecule has 2 aliphatic heterocycles. The van der Waals surface area contributed by atoms with Crippen LogP contribution in [0.15, 0.2) is 22.1 Å². The van der Waals surface area contributed by atoms with Crippen LogP contribution in [-0.2, 0) is 25.5 Å². The van der Waals surface area contributed by atoms with E-state index >= 15 is 0 Å². The lowest BCUT2D eigenvalue weighted by molar-refractivity contribution is -0.155. The summed E-state index contributed by atoms with van der Waals surface area (Å²) in [5.41, 5.74) is 0.993. The van der Waals surface area contributed by atoms with Crippen LogP contribution in [0.1, 0.15) is 21.8 Å². The van der Waals surface area contributed by atoms with Gasteiger partial charge < -0.3 is 23.9 Å². The number of nitrogens with one attached hydrogen (secondary N) is 1. The fourth-order valence-corrected chi connectivity index (χ4v) is 4.40. The molecule has 2 fully saturated rings. The van der Waals surface area contributed by atoms with Crippen molar-refractivity contribution in [1.29, 1.82) is 0 Å². The van der Waals surface area contributed by atoms with Crippen LogP contribution in [0.4, 0.5) is 5.13 Å². The number of anilines is 1. The molecule has 12 heteroatoms. The van der Waals surface area contributed by atoms with Crippen molar-refractivity contribution >= 4 is 40.1 Å². The van der Waals surface area contributed by atoms with Gasteiger partial charge in [0.2, 0.25) is 5.91 Å². The highest BCUT2D eigenvalue weighted by atomic mass is 32.1. The van der Waals surface area contributed by atoms with Crippen molar-refractivity contribution in [3.63, 3.8) is 0 Å². The number of amides is 4. The Bertz CT molecular complexity index is 1040. The second kappa shape index (κ2) is 10.1. The first kappa shape index (κ1) is 22.9. The predicted octanol–water partition coefficient (Wildman–Crippen LogP) is 0.369. The number of morpholine rings is 1. The van der Waals surface area contributed by atoms with E-state index in [1.54, 1.807) is 23.3 Å². The molecule has 4 heterocycles. The van der Waals surface area contributed by atoms with E-state index in [9.17, 15) is 19.2 Å². The van der Waals surface area contributed by atoms with Crippen molar-refractivity contribution in [3.05, 3.63) is 34.7 Å². The first-order valence-electron chi connectivity index (χ1n) is 10.7. The van der Waals surface area contributed by atoms with E-state index in [4.69, 9.17) is 9.15 Å². The summed E-state index contributed by atoms with van der Waals surface area (Å²) in [6.45, 7) is 4.74. The molecule has 2 aromatic heterocycles. The molecule has 4 amide bonds. The van der Waals surface area contributed by atoms with Crippen molar-refractivity contribution in [2.45, 2.75) is 13.3 Å². The molecule has 0 radical (unpaired) electrons. The third kappa shape index (κ3) is 5.40. The highest BCUT2D eigenvalue weighted by molar-refractivity contribution is 7.14. The van der Waals surface area contributed by atoms with Crippen LogP contribution in [-0.4, -0.2) is 95.8 Å². The molecule has 33 heavy (non-hydrogen) atoms. The molecule has 0 saturated carbocycles. The van der Waals surface area contributed by atoms with Gasteiger partial charge in [-0.15, -0.1) is 11.3 Å². The Morgan fingerprint density at radius 2 is 1.64 bits per heavy atom. The number of ether oxygens (including phenoxy) is 1. The van der Waals surface area contributed by atoms with E-state index in [0.717, 1.165) is 0 Å².